The van der Waals surface area contributed by atoms with E-state index in [0.717, 1.165) is 0 Å². The lowest BCUT2D eigenvalue weighted by molar-refractivity contribution is -0.246. The lowest BCUT2D eigenvalue weighted by Gasteiger charge is -2.63. The van der Waals surface area contributed by atoms with Crippen molar-refractivity contribution in [1.82, 2.24) is 0 Å². The Morgan fingerprint density at radius 1 is 1.15 bits per heavy atom. The molecule has 7 nitrogen and oxygen atoms in total. The lowest BCUT2D eigenvalue weighted by atomic mass is 9.43. The number of alkyl halides is 4. The number of halogens is 4. The summed E-state index contributed by atoms with van der Waals surface area (Å²) in [7, 11) is 1.39. The van der Waals surface area contributed by atoms with Gasteiger partial charge in [0.05, 0.1) is 12.0 Å². The highest BCUT2D eigenvalue weighted by Gasteiger charge is 2.77. The van der Waals surface area contributed by atoms with Crippen LogP contribution in [0.5, 0.6) is 0 Å². The zero-order chi connectivity index (χ0) is 29.9. The average Bonchev–Trinajstić information content (AvgIpc) is 3.10. The standard InChI is InChI=1S/C29H36F4O7/c1-6-23(36)39-14-21(35)27(15-38-5)16(2)11-20-19-8-7-17-12-18(34)9-10-25(17,3)28(19,30)22(13-26(20,27)4)40-24(37)29(31,32)33/h9-10,12,16,19-20,22H,6-8,11,13-15H2,1-5H3/t16?,19-,20-,22?,25-,26-,27+,28-/m0/s1. The Labute approximate surface area is 230 Å². The van der Waals surface area contributed by atoms with Gasteiger partial charge in [-0.05, 0) is 62.0 Å². The second-order valence-corrected chi connectivity index (χ2v) is 12.1. The molecule has 222 valence electrons. The van der Waals surface area contributed by atoms with E-state index in [2.05, 4.69) is 0 Å². The molecule has 0 N–H and O–H groups in total. The Morgan fingerprint density at radius 3 is 2.42 bits per heavy atom. The molecule has 3 saturated carbocycles. The van der Waals surface area contributed by atoms with E-state index in [-0.39, 0.29) is 25.2 Å². The van der Waals surface area contributed by atoms with E-state index in [1.54, 1.807) is 13.8 Å². The monoisotopic (exact) mass is 572 g/mol. The maximum absolute atomic E-state index is 17.9. The highest BCUT2D eigenvalue weighted by Crippen LogP contribution is 2.73. The molecule has 0 radical (unpaired) electrons. The van der Waals surface area contributed by atoms with Crippen molar-refractivity contribution in [1.29, 1.82) is 0 Å². The number of esters is 2. The molecule has 40 heavy (non-hydrogen) atoms. The zero-order valence-corrected chi connectivity index (χ0v) is 23.4. The molecule has 0 amide bonds. The van der Waals surface area contributed by atoms with Gasteiger partial charge < -0.3 is 14.2 Å². The second-order valence-electron chi connectivity index (χ2n) is 12.1. The number of ketones is 2. The summed E-state index contributed by atoms with van der Waals surface area (Å²) in [6.07, 6.45) is -2.83. The molecule has 0 spiro atoms. The first kappa shape index (κ1) is 30.4. The van der Waals surface area contributed by atoms with Gasteiger partial charge in [-0.1, -0.05) is 32.4 Å². The molecule has 0 aliphatic heterocycles. The quantitative estimate of drug-likeness (QED) is 0.317. The van der Waals surface area contributed by atoms with E-state index in [1.807, 2.05) is 6.92 Å². The topological polar surface area (TPSA) is 96.0 Å². The number of carbonyl (C=O) groups excluding carboxylic acids is 4. The van der Waals surface area contributed by atoms with Crippen molar-refractivity contribution < 1.29 is 51.0 Å². The van der Waals surface area contributed by atoms with Crippen LogP contribution in [0.1, 0.15) is 59.8 Å². The van der Waals surface area contributed by atoms with Gasteiger partial charge in [0.2, 0.25) is 0 Å². The van der Waals surface area contributed by atoms with Crippen LogP contribution in [0.25, 0.3) is 0 Å². The van der Waals surface area contributed by atoms with Crippen LogP contribution >= 0.6 is 0 Å². The number of methoxy groups -OCH3 is 1. The van der Waals surface area contributed by atoms with Crippen molar-refractivity contribution in [3.63, 3.8) is 0 Å². The van der Waals surface area contributed by atoms with Gasteiger partial charge in [0, 0.05) is 24.9 Å². The Balaban J connectivity index is 1.87. The third kappa shape index (κ3) is 4.17. The normalized spacial score (nSPS) is 40.4. The van der Waals surface area contributed by atoms with Crippen molar-refractivity contribution in [3.8, 4) is 0 Å². The fraction of sp³-hybridized carbons (Fsp3) is 0.724. The molecule has 0 heterocycles. The maximum Gasteiger partial charge on any atom is 0.490 e. The first-order valence-corrected chi connectivity index (χ1v) is 13.6. The number of Topliss-reactive ketones (excluding diaryl/α,β-unsaturated/α-hetero) is 1. The summed E-state index contributed by atoms with van der Waals surface area (Å²) in [6.45, 7) is 5.95. The summed E-state index contributed by atoms with van der Waals surface area (Å²) < 4.78 is 74.1. The largest absolute Gasteiger partial charge is 0.490 e. The molecule has 2 unspecified atom stereocenters. The Bertz CT molecular complexity index is 1160. The van der Waals surface area contributed by atoms with E-state index < -0.39 is 82.7 Å². The van der Waals surface area contributed by atoms with E-state index in [4.69, 9.17) is 14.2 Å². The molecule has 4 aliphatic rings. The molecule has 0 saturated heterocycles. The number of carbonyl (C=O) groups is 4. The molecule has 3 fully saturated rings. The number of hydrogen-bond acceptors (Lipinski definition) is 7. The van der Waals surface area contributed by atoms with Crippen molar-refractivity contribution in [2.24, 2.45) is 34.0 Å². The summed E-state index contributed by atoms with van der Waals surface area (Å²) in [5.41, 5.74) is -6.06. The maximum atomic E-state index is 17.9. The Kier molecular flexibility index (Phi) is 7.65. The Morgan fingerprint density at radius 2 is 1.82 bits per heavy atom. The molecule has 0 aromatic rings. The third-order valence-corrected chi connectivity index (χ3v) is 10.5. The minimum Gasteiger partial charge on any atom is -0.458 e. The van der Waals surface area contributed by atoms with Gasteiger partial charge >= 0.3 is 18.1 Å². The zero-order valence-electron chi connectivity index (χ0n) is 23.4. The molecular formula is C29H36F4O7. The third-order valence-electron chi connectivity index (χ3n) is 10.5. The van der Waals surface area contributed by atoms with Crippen LogP contribution in [0.4, 0.5) is 17.6 Å². The van der Waals surface area contributed by atoms with Crippen molar-refractivity contribution in [2.45, 2.75) is 77.7 Å². The smallest absolute Gasteiger partial charge is 0.458 e. The predicted molar refractivity (Wildman–Crippen MR) is 133 cm³/mol. The van der Waals surface area contributed by atoms with Crippen LogP contribution in [-0.2, 0) is 33.4 Å². The summed E-state index contributed by atoms with van der Waals surface area (Å²) in [5, 5.41) is 0. The van der Waals surface area contributed by atoms with E-state index in [1.165, 1.54) is 32.3 Å². The van der Waals surface area contributed by atoms with Gasteiger partial charge in [0.15, 0.2) is 23.8 Å². The van der Waals surface area contributed by atoms with Gasteiger partial charge in [-0.15, -0.1) is 0 Å². The molecule has 0 aromatic carbocycles. The van der Waals surface area contributed by atoms with Gasteiger partial charge in [-0.25, -0.2) is 9.18 Å². The highest BCUT2D eigenvalue weighted by molar-refractivity contribution is 6.01. The fourth-order valence-electron chi connectivity index (χ4n) is 8.52. The summed E-state index contributed by atoms with van der Waals surface area (Å²) in [4.78, 5) is 50.1. The molecule has 8 atom stereocenters. The van der Waals surface area contributed by atoms with Crippen LogP contribution in [0.2, 0.25) is 0 Å². The van der Waals surface area contributed by atoms with Crippen molar-refractivity contribution >= 4 is 23.5 Å². The van der Waals surface area contributed by atoms with Crippen LogP contribution in [0.15, 0.2) is 23.8 Å². The average molecular weight is 573 g/mol. The van der Waals surface area contributed by atoms with Crippen LogP contribution in [0.3, 0.4) is 0 Å². The van der Waals surface area contributed by atoms with E-state index in [0.29, 0.717) is 18.4 Å². The van der Waals surface area contributed by atoms with E-state index in [9.17, 15) is 32.3 Å². The number of rotatable bonds is 7. The number of hydrogen-bond donors (Lipinski definition) is 0. The van der Waals surface area contributed by atoms with Gasteiger partial charge in [-0.2, -0.15) is 13.2 Å². The van der Waals surface area contributed by atoms with Gasteiger partial charge in [-0.3, -0.25) is 14.4 Å². The number of fused-ring (bicyclic) bond motifs is 5. The first-order valence-electron chi connectivity index (χ1n) is 13.6. The minimum absolute atomic E-state index is 0.0480. The molecule has 11 heteroatoms. The van der Waals surface area contributed by atoms with Crippen molar-refractivity contribution in [2.75, 3.05) is 20.3 Å². The van der Waals surface area contributed by atoms with Gasteiger partial charge in [0.1, 0.15) is 6.10 Å². The van der Waals surface area contributed by atoms with Crippen LogP contribution in [0, 0.1) is 34.0 Å². The highest BCUT2D eigenvalue weighted by atomic mass is 19.4. The number of ether oxygens (including phenoxy) is 3. The van der Waals surface area contributed by atoms with Gasteiger partial charge in [0.25, 0.3) is 0 Å². The lowest BCUT2D eigenvalue weighted by Crippen LogP contribution is -2.69. The minimum atomic E-state index is -5.37. The molecule has 0 aromatic heterocycles. The predicted octanol–water partition coefficient (Wildman–Crippen LogP) is 4.87. The number of allylic oxidation sites excluding steroid dienone is 4. The molecular weight excluding hydrogens is 536 g/mol. The fourth-order valence-corrected chi connectivity index (χ4v) is 8.52. The van der Waals surface area contributed by atoms with Crippen LogP contribution in [-0.4, -0.2) is 61.8 Å². The molecule has 0 bridgehead atoms. The van der Waals surface area contributed by atoms with E-state index >= 15 is 4.39 Å². The van der Waals surface area contributed by atoms with Crippen LogP contribution < -0.4 is 0 Å². The molecule has 4 rings (SSSR count). The first-order chi connectivity index (χ1) is 18.5. The summed E-state index contributed by atoms with van der Waals surface area (Å²) in [5.74, 6) is -5.73. The Hall–Kier alpha value is -2.56. The summed E-state index contributed by atoms with van der Waals surface area (Å²) >= 11 is 0. The molecule has 4 aliphatic carbocycles. The van der Waals surface area contributed by atoms with Crippen molar-refractivity contribution in [3.05, 3.63) is 23.8 Å². The SMILES string of the molecule is CCC(=O)OCC(=O)[C@@]1(COC)C(C)C[C@H]2[C@@H]3CCC4=CC(=O)C=C[C@]4(C)[C@@]3(F)C(OC(=O)C(F)(F)F)C[C@@]21C. The second kappa shape index (κ2) is 10.1. The summed E-state index contributed by atoms with van der Waals surface area (Å²) in [6, 6.07) is 0.